The van der Waals surface area contributed by atoms with E-state index in [-0.39, 0.29) is 0 Å². The Hall–Kier alpha value is -1.95. The van der Waals surface area contributed by atoms with Crippen molar-refractivity contribution in [2.24, 2.45) is 0 Å². The minimum absolute atomic E-state index is 0.415. The van der Waals surface area contributed by atoms with Crippen molar-refractivity contribution in [3.63, 3.8) is 0 Å². The minimum atomic E-state index is -0.972. The third-order valence-electron chi connectivity index (χ3n) is 3.71. The van der Waals surface area contributed by atoms with Gasteiger partial charge in [0.15, 0.2) is 0 Å². The monoisotopic (exact) mass is 290 g/mol. The number of hydrogen-bond donors (Lipinski definition) is 1. The van der Waals surface area contributed by atoms with E-state index in [9.17, 15) is 4.79 Å². The van der Waals surface area contributed by atoms with Gasteiger partial charge in [0.1, 0.15) is 0 Å². The van der Waals surface area contributed by atoms with Gasteiger partial charge in [-0.15, -0.1) is 0 Å². The van der Waals surface area contributed by atoms with E-state index in [0.29, 0.717) is 11.6 Å². The Kier molecular flexibility index (Phi) is 5.27. The molecule has 1 aromatic rings. The molecule has 1 aromatic heterocycles. The van der Waals surface area contributed by atoms with Crippen molar-refractivity contribution in [1.29, 1.82) is 0 Å². The van der Waals surface area contributed by atoms with Gasteiger partial charge in [-0.05, 0) is 32.5 Å². The number of carbonyl (C=O) groups is 1. The summed E-state index contributed by atoms with van der Waals surface area (Å²) in [5.74, 6) is -0.245. The van der Waals surface area contributed by atoms with Crippen LogP contribution in [0.5, 0.6) is 0 Å². The van der Waals surface area contributed by atoms with Crippen molar-refractivity contribution in [1.82, 2.24) is 14.9 Å². The van der Waals surface area contributed by atoms with E-state index in [4.69, 9.17) is 5.11 Å². The zero-order valence-corrected chi connectivity index (χ0v) is 12.6. The van der Waals surface area contributed by atoms with Gasteiger partial charge in [-0.3, -0.25) is 0 Å². The molecule has 0 radical (unpaired) electrons. The number of carboxylic acid groups (broad SMARTS) is 1. The van der Waals surface area contributed by atoms with Gasteiger partial charge in [0.25, 0.3) is 0 Å². The smallest absolute Gasteiger partial charge is 0.328 e. The number of anilines is 1. The third kappa shape index (κ3) is 4.26. The lowest BCUT2D eigenvalue weighted by molar-refractivity contribution is -0.131. The molecule has 0 aromatic carbocycles. The Bertz CT molecular complexity index is 501. The van der Waals surface area contributed by atoms with Crippen LogP contribution in [0.4, 0.5) is 5.95 Å². The molecule has 6 heteroatoms. The van der Waals surface area contributed by atoms with Crippen LogP contribution >= 0.6 is 0 Å². The highest BCUT2D eigenvalue weighted by Gasteiger charge is 2.23. The predicted molar refractivity (Wildman–Crippen MR) is 82.2 cm³/mol. The molecule has 6 nitrogen and oxygen atoms in total. The fourth-order valence-electron chi connectivity index (χ4n) is 2.59. The molecule has 0 amide bonds. The van der Waals surface area contributed by atoms with E-state index in [1.165, 1.54) is 6.08 Å². The number of likely N-dealkylation sites (N-methyl/N-ethyl adjacent to an activating group) is 1. The van der Waals surface area contributed by atoms with Gasteiger partial charge in [-0.1, -0.05) is 6.92 Å². The quantitative estimate of drug-likeness (QED) is 0.847. The molecule has 114 valence electrons. The zero-order chi connectivity index (χ0) is 15.2. The van der Waals surface area contributed by atoms with Crippen LogP contribution in [0.3, 0.4) is 0 Å². The van der Waals surface area contributed by atoms with Crippen molar-refractivity contribution < 1.29 is 9.90 Å². The van der Waals surface area contributed by atoms with Crippen molar-refractivity contribution in [3.05, 3.63) is 24.0 Å². The second-order valence-corrected chi connectivity index (χ2v) is 5.36. The number of aliphatic carboxylic acids is 1. The van der Waals surface area contributed by atoms with E-state index in [0.717, 1.165) is 44.5 Å². The Labute approximate surface area is 125 Å². The van der Waals surface area contributed by atoms with Gasteiger partial charge < -0.3 is 14.9 Å². The van der Waals surface area contributed by atoms with Crippen molar-refractivity contribution >= 4 is 18.0 Å². The molecule has 1 saturated heterocycles. The van der Waals surface area contributed by atoms with Crippen LogP contribution < -0.4 is 4.90 Å². The van der Waals surface area contributed by atoms with Gasteiger partial charge >= 0.3 is 5.97 Å². The van der Waals surface area contributed by atoms with Gasteiger partial charge in [0, 0.05) is 43.2 Å². The van der Waals surface area contributed by atoms with Crippen LogP contribution in [0.25, 0.3) is 6.08 Å². The molecule has 1 atom stereocenters. The van der Waals surface area contributed by atoms with Crippen molar-refractivity contribution in [3.8, 4) is 0 Å². The highest BCUT2D eigenvalue weighted by atomic mass is 16.4. The summed E-state index contributed by atoms with van der Waals surface area (Å²) in [6.45, 7) is 5.24. The topological polar surface area (TPSA) is 69.6 Å². The average molecular weight is 290 g/mol. The molecule has 2 rings (SSSR count). The fourth-order valence-corrected chi connectivity index (χ4v) is 2.59. The lowest BCUT2D eigenvalue weighted by Crippen LogP contribution is -2.40. The van der Waals surface area contributed by atoms with E-state index in [2.05, 4.69) is 33.7 Å². The van der Waals surface area contributed by atoms with Crippen LogP contribution in [0.2, 0.25) is 0 Å². The first-order chi connectivity index (χ1) is 10.1. The SMILES string of the molecule is CCC1CN(C)CCCN1c1ncc(/C=C/C(=O)O)cn1. The summed E-state index contributed by atoms with van der Waals surface area (Å²) >= 11 is 0. The molecule has 0 aliphatic carbocycles. The second kappa shape index (κ2) is 7.17. The van der Waals surface area contributed by atoms with Gasteiger partial charge in [0.05, 0.1) is 0 Å². The summed E-state index contributed by atoms with van der Waals surface area (Å²) in [5.41, 5.74) is 0.695. The molecule has 0 saturated carbocycles. The molecule has 0 bridgehead atoms. The summed E-state index contributed by atoms with van der Waals surface area (Å²) < 4.78 is 0. The third-order valence-corrected chi connectivity index (χ3v) is 3.71. The molecule has 1 aliphatic heterocycles. The number of carboxylic acids is 1. The molecule has 0 spiro atoms. The van der Waals surface area contributed by atoms with Gasteiger partial charge in [-0.2, -0.15) is 0 Å². The Morgan fingerprint density at radius 3 is 2.76 bits per heavy atom. The number of aromatic nitrogens is 2. The molecular weight excluding hydrogens is 268 g/mol. The summed E-state index contributed by atoms with van der Waals surface area (Å²) in [6, 6.07) is 0.415. The number of nitrogens with zero attached hydrogens (tertiary/aromatic N) is 4. The molecule has 2 heterocycles. The lowest BCUT2D eigenvalue weighted by atomic mass is 10.2. The zero-order valence-electron chi connectivity index (χ0n) is 12.6. The highest BCUT2D eigenvalue weighted by Crippen LogP contribution is 2.18. The number of hydrogen-bond acceptors (Lipinski definition) is 5. The molecule has 1 fully saturated rings. The van der Waals surface area contributed by atoms with Crippen LogP contribution in [0, 0.1) is 0 Å². The maximum Gasteiger partial charge on any atom is 0.328 e. The maximum absolute atomic E-state index is 10.5. The summed E-state index contributed by atoms with van der Waals surface area (Å²) in [7, 11) is 2.15. The van der Waals surface area contributed by atoms with Gasteiger partial charge in [0.2, 0.25) is 5.95 Å². The first-order valence-corrected chi connectivity index (χ1v) is 7.28. The summed E-state index contributed by atoms with van der Waals surface area (Å²) in [6.07, 6.45) is 8.07. The fraction of sp³-hybridized carbons (Fsp3) is 0.533. The van der Waals surface area contributed by atoms with Crippen LogP contribution in [-0.2, 0) is 4.79 Å². The van der Waals surface area contributed by atoms with E-state index < -0.39 is 5.97 Å². The Balaban J connectivity index is 2.14. The lowest BCUT2D eigenvalue weighted by Gasteiger charge is -2.30. The average Bonchev–Trinajstić information content (AvgIpc) is 2.67. The normalized spacial score (nSPS) is 20.7. The molecule has 1 unspecified atom stereocenters. The first-order valence-electron chi connectivity index (χ1n) is 7.28. The maximum atomic E-state index is 10.5. The molecule has 21 heavy (non-hydrogen) atoms. The van der Waals surface area contributed by atoms with Gasteiger partial charge in [-0.25, -0.2) is 14.8 Å². The van der Waals surface area contributed by atoms with Crippen LogP contribution in [0.1, 0.15) is 25.3 Å². The second-order valence-electron chi connectivity index (χ2n) is 5.36. The molecule has 1 aliphatic rings. The van der Waals surface area contributed by atoms with E-state index >= 15 is 0 Å². The number of rotatable bonds is 4. The predicted octanol–water partition coefficient (Wildman–Crippen LogP) is 1.49. The van der Waals surface area contributed by atoms with Crippen molar-refractivity contribution in [2.75, 3.05) is 31.6 Å². The highest BCUT2D eigenvalue weighted by molar-refractivity contribution is 5.85. The minimum Gasteiger partial charge on any atom is -0.478 e. The van der Waals surface area contributed by atoms with Crippen molar-refractivity contribution in [2.45, 2.75) is 25.8 Å². The van der Waals surface area contributed by atoms with E-state index in [1.54, 1.807) is 12.4 Å². The van der Waals surface area contributed by atoms with Crippen LogP contribution in [0.15, 0.2) is 18.5 Å². The van der Waals surface area contributed by atoms with E-state index in [1.807, 2.05) is 0 Å². The largest absolute Gasteiger partial charge is 0.478 e. The molecular formula is C15H22N4O2. The Morgan fingerprint density at radius 2 is 2.14 bits per heavy atom. The van der Waals surface area contributed by atoms with Crippen LogP contribution in [-0.4, -0.2) is 58.7 Å². The Morgan fingerprint density at radius 1 is 1.43 bits per heavy atom. The standard InChI is InChI=1S/C15H22N4O2/c1-3-13-11-18(2)7-4-8-19(13)15-16-9-12(10-17-15)5-6-14(20)21/h5-6,9-10,13H,3-4,7-8,11H2,1-2H3,(H,20,21)/b6-5+. The first kappa shape index (κ1) is 15.4. The summed E-state index contributed by atoms with van der Waals surface area (Å²) in [5, 5.41) is 8.62. The molecule has 1 N–H and O–H groups in total. The summed E-state index contributed by atoms with van der Waals surface area (Å²) in [4.78, 5) is 23.9.